The number of rotatable bonds is 7. The van der Waals surface area contributed by atoms with E-state index in [1.807, 2.05) is 0 Å². The van der Waals surface area contributed by atoms with Gasteiger partial charge in [0.05, 0.1) is 0 Å². The minimum Gasteiger partial charge on any atom is -0.371 e. The van der Waals surface area contributed by atoms with E-state index in [1.54, 1.807) is 0 Å². The van der Waals surface area contributed by atoms with E-state index < -0.39 is 0 Å². The van der Waals surface area contributed by atoms with Gasteiger partial charge < -0.3 is 10.2 Å². The Labute approximate surface area is 124 Å². The molecular weight excluding hydrogens is 244 g/mol. The van der Waals surface area contributed by atoms with E-state index in [0.29, 0.717) is 0 Å². The zero-order valence-corrected chi connectivity index (χ0v) is 13.4. The van der Waals surface area contributed by atoms with Crippen molar-refractivity contribution in [1.29, 1.82) is 0 Å². The predicted molar refractivity (Wildman–Crippen MR) is 88.5 cm³/mol. The predicted octanol–water partition coefficient (Wildman–Crippen LogP) is 3.71. The van der Waals surface area contributed by atoms with Crippen molar-refractivity contribution < 1.29 is 0 Å². The molecule has 20 heavy (non-hydrogen) atoms. The molecule has 0 saturated carbocycles. The highest BCUT2D eigenvalue weighted by molar-refractivity contribution is 5.54. The summed E-state index contributed by atoms with van der Waals surface area (Å²) in [4.78, 5) is 2.59. The van der Waals surface area contributed by atoms with Crippen molar-refractivity contribution in [2.24, 2.45) is 11.8 Å². The third-order valence-corrected chi connectivity index (χ3v) is 4.12. The molecule has 2 nitrogen and oxygen atoms in total. The topological polar surface area (TPSA) is 15.3 Å². The molecule has 2 heteroatoms. The first kappa shape index (κ1) is 15.4. The summed E-state index contributed by atoms with van der Waals surface area (Å²) in [6.45, 7) is 11.6. The molecule has 0 bridgehead atoms. The van der Waals surface area contributed by atoms with Crippen molar-refractivity contribution in [3.05, 3.63) is 29.8 Å². The van der Waals surface area contributed by atoms with Gasteiger partial charge in [0.15, 0.2) is 0 Å². The highest BCUT2D eigenvalue weighted by Gasteiger charge is 2.23. The highest BCUT2D eigenvalue weighted by Crippen LogP contribution is 2.27. The van der Waals surface area contributed by atoms with Gasteiger partial charge in [-0.05, 0) is 49.4 Å². The molecule has 1 fully saturated rings. The van der Waals surface area contributed by atoms with Gasteiger partial charge in [0.2, 0.25) is 0 Å². The third-order valence-electron chi connectivity index (χ3n) is 4.12. The SMILES string of the molecule is CCCc1ccccc1N1CCC(CNCC(C)C)C1. The summed E-state index contributed by atoms with van der Waals surface area (Å²) in [5.74, 6) is 1.56. The maximum absolute atomic E-state index is 3.61. The van der Waals surface area contributed by atoms with Crippen LogP contribution in [0.5, 0.6) is 0 Å². The van der Waals surface area contributed by atoms with E-state index in [-0.39, 0.29) is 0 Å². The first-order valence-corrected chi connectivity index (χ1v) is 8.24. The Hall–Kier alpha value is -1.02. The summed E-state index contributed by atoms with van der Waals surface area (Å²) < 4.78 is 0. The molecule has 1 aliphatic rings. The van der Waals surface area contributed by atoms with E-state index >= 15 is 0 Å². The van der Waals surface area contributed by atoms with Crippen LogP contribution in [0.3, 0.4) is 0 Å². The average molecular weight is 274 g/mol. The van der Waals surface area contributed by atoms with E-state index in [2.05, 4.69) is 55.3 Å². The molecule has 0 aromatic heterocycles. The van der Waals surface area contributed by atoms with Gasteiger partial charge >= 0.3 is 0 Å². The van der Waals surface area contributed by atoms with Gasteiger partial charge in [0.1, 0.15) is 0 Å². The molecule has 1 saturated heterocycles. The smallest absolute Gasteiger partial charge is 0.0398 e. The van der Waals surface area contributed by atoms with E-state index in [4.69, 9.17) is 0 Å². The zero-order chi connectivity index (χ0) is 14.4. The number of hydrogen-bond acceptors (Lipinski definition) is 2. The third kappa shape index (κ3) is 4.24. The lowest BCUT2D eigenvalue weighted by molar-refractivity contribution is 0.477. The normalized spacial score (nSPS) is 19.0. The van der Waals surface area contributed by atoms with Crippen LogP contribution in [-0.4, -0.2) is 26.2 Å². The number of nitrogens with zero attached hydrogens (tertiary/aromatic N) is 1. The largest absolute Gasteiger partial charge is 0.371 e. The van der Waals surface area contributed by atoms with Gasteiger partial charge in [-0.25, -0.2) is 0 Å². The molecule has 1 aliphatic heterocycles. The summed E-state index contributed by atoms with van der Waals surface area (Å²) in [7, 11) is 0. The molecule has 1 aromatic carbocycles. The fourth-order valence-corrected chi connectivity index (χ4v) is 3.09. The Balaban J connectivity index is 1.89. The molecule has 1 unspecified atom stereocenters. The number of benzene rings is 1. The monoisotopic (exact) mass is 274 g/mol. The quantitative estimate of drug-likeness (QED) is 0.815. The molecule has 0 spiro atoms. The second-order valence-corrected chi connectivity index (χ2v) is 6.53. The van der Waals surface area contributed by atoms with Crippen molar-refractivity contribution in [3.63, 3.8) is 0 Å². The number of aryl methyl sites for hydroxylation is 1. The highest BCUT2D eigenvalue weighted by atomic mass is 15.2. The minimum absolute atomic E-state index is 0.748. The lowest BCUT2D eigenvalue weighted by Crippen LogP contribution is -2.29. The Bertz CT molecular complexity index is 400. The van der Waals surface area contributed by atoms with Crippen LogP contribution < -0.4 is 10.2 Å². The second kappa shape index (κ2) is 7.68. The molecule has 0 radical (unpaired) electrons. The van der Waals surface area contributed by atoms with Gasteiger partial charge in [-0.3, -0.25) is 0 Å². The first-order valence-electron chi connectivity index (χ1n) is 8.24. The van der Waals surface area contributed by atoms with Crippen LogP contribution >= 0.6 is 0 Å². The van der Waals surface area contributed by atoms with Gasteiger partial charge in [0, 0.05) is 18.8 Å². The maximum atomic E-state index is 3.61. The molecule has 1 heterocycles. The van der Waals surface area contributed by atoms with Crippen molar-refractivity contribution in [2.75, 3.05) is 31.1 Å². The van der Waals surface area contributed by atoms with Crippen LogP contribution in [0, 0.1) is 11.8 Å². The molecular formula is C18H30N2. The van der Waals surface area contributed by atoms with Crippen LogP contribution in [0.2, 0.25) is 0 Å². The van der Waals surface area contributed by atoms with E-state index in [1.165, 1.54) is 50.1 Å². The number of nitrogens with one attached hydrogen (secondary N) is 1. The van der Waals surface area contributed by atoms with Crippen molar-refractivity contribution in [2.45, 2.75) is 40.0 Å². The average Bonchev–Trinajstić information content (AvgIpc) is 2.88. The second-order valence-electron chi connectivity index (χ2n) is 6.53. The minimum atomic E-state index is 0.748. The maximum Gasteiger partial charge on any atom is 0.0398 e. The number of para-hydroxylation sites is 1. The standard InChI is InChI=1S/C18H30N2/c1-4-7-17-8-5-6-9-18(17)20-11-10-16(14-20)13-19-12-15(2)3/h5-6,8-9,15-16,19H,4,7,10-14H2,1-3H3. The Morgan fingerprint density at radius 1 is 1.30 bits per heavy atom. The van der Waals surface area contributed by atoms with Crippen molar-refractivity contribution in [1.82, 2.24) is 5.32 Å². The molecule has 1 atom stereocenters. The Morgan fingerprint density at radius 2 is 2.10 bits per heavy atom. The van der Waals surface area contributed by atoms with Gasteiger partial charge in [-0.1, -0.05) is 45.4 Å². The molecule has 0 amide bonds. The lowest BCUT2D eigenvalue weighted by atomic mass is 10.1. The number of hydrogen-bond donors (Lipinski definition) is 1. The number of anilines is 1. The molecule has 2 rings (SSSR count). The summed E-state index contributed by atoms with van der Waals surface area (Å²) in [5.41, 5.74) is 2.99. The van der Waals surface area contributed by atoms with Gasteiger partial charge in [-0.2, -0.15) is 0 Å². The van der Waals surface area contributed by atoms with E-state index in [9.17, 15) is 0 Å². The molecule has 1 aromatic rings. The lowest BCUT2D eigenvalue weighted by Gasteiger charge is -2.22. The Morgan fingerprint density at radius 3 is 2.85 bits per heavy atom. The molecule has 0 aliphatic carbocycles. The van der Waals surface area contributed by atoms with Gasteiger partial charge in [-0.15, -0.1) is 0 Å². The van der Waals surface area contributed by atoms with Gasteiger partial charge in [0.25, 0.3) is 0 Å². The summed E-state index contributed by atoms with van der Waals surface area (Å²) in [5, 5.41) is 3.61. The van der Waals surface area contributed by atoms with Crippen LogP contribution in [0.4, 0.5) is 5.69 Å². The van der Waals surface area contributed by atoms with Crippen LogP contribution in [0.15, 0.2) is 24.3 Å². The molecule has 112 valence electrons. The van der Waals surface area contributed by atoms with Crippen LogP contribution in [0.1, 0.15) is 39.2 Å². The Kier molecular flexibility index (Phi) is 5.90. The fraction of sp³-hybridized carbons (Fsp3) is 0.667. The van der Waals surface area contributed by atoms with Crippen LogP contribution in [0.25, 0.3) is 0 Å². The van der Waals surface area contributed by atoms with Crippen molar-refractivity contribution >= 4 is 5.69 Å². The van der Waals surface area contributed by atoms with E-state index in [0.717, 1.165) is 18.4 Å². The summed E-state index contributed by atoms with van der Waals surface area (Å²) in [6, 6.07) is 8.95. The van der Waals surface area contributed by atoms with Crippen molar-refractivity contribution in [3.8, 4) is 0 Å². The summed E-state index contributed by atoms with van der Waals surface area (Å²) in [6.07, 6.45) is 3.75. The van der Waals surface area contributed by atoms with Crippen LogP contribution in [-0.2, 0) is 6.42 Å². The first-order chi connectivity index (χ1) is 9.70. The summed E-state index contributed by atoms with van der Waals surface area (Å²) >= 11 is 0. The fourth-order valence-electron chi connectivity index (χ4n) is 3.09. The molecule has 1 N–H and O–H groups in total. The zero-order valence-electron chi connectivity index (χ0n) is 13.4.